The van der Waals surface area contributed by atoms with Crippen molar-refractivity contribution in [3.05, 3.63) is 70.0 Å². The minimum absolute atomic E-state index is 0.0412. The number of benzene rings is 2. The van der Waals surface area contributed by atoms with Gasteiger partial charge in [-0.25, -0.2) is 0 Å². The van der Waals surface area contributed by atoms with Crippen molar-refractivity contribution in [3.8, 4) is 16.9 Å². The van der Waals surface area contributed by atoms with E-state index in [1.54, 1.807) is 20.2 Å². The molecule has 1 fully saturated rings. The monoisotopic (exact) mass is 632 g/mol. The van der Waals surface area contributed by atoms with E-state index in [1.165, 1.54) is 11.0 Å². The van der Waals surface area contributed by atoms with Crippen molar-refractivity contribution in [2.75, 3.05) is 48.3 Å². The summed E-state index contributed by atoms with van der Waals surface area (Å²) in [6.07, 6.45) is 2.47. The summed E-state index contributed by atoms with van der Waals surface area (Å²) < 4.78 is 0. The molecule has 3 aliphatic rings. The predicted molar refractivity (Wildman–Crippen MR) is 174 cm³/mol. The number of aromatic hydroxyl groups is 1. The Labute approximate surface area is 269 Å². The van der Waals surface area contributed by atoms with Crippen molar-refractivity contribution in [3.63, 3.8) is 0 Å². The molecular formula is C35H44N4O7. The van der Waals surface area contributed by atoms with Crippen LogP contribution >= 0.6 is 0 Å². The van der Waals surface area contributed by atoms with Crippen LogP contribution in [0.4, 0.5) is 0 Å². The summed E-state index contributed by atoms with van der Waals surface area (Å²) in [6, 6.07) is 10.2. The number of carbonyl (C=O) groups excluding carboxylic acids is 3. The zero-order valence-corrected chi connectivity index (χ0v) is 27.1. The molecule has 0 aromatic heterocycles. The number of likely N-dealkylation sites (N-methyl/N-ethyl adjacent to an activating group) is 1. The number of phenols is 1. The molecule has 1 amide bonds. The van der Waals surface area contributed by atoms with E-state index in [2.05, 4.69) is 43.1 Å². The summed E-state index contributed by atoms with van der Waals surface area (Å²) in [7, 11) is 9.39. The Morgan fingerprint density at radius 3 is 2.35 bits per heavy atom. The average Bonchev–Trinajstić information content (AvgIpc) is 2.97. The Morgan fingerprint density at radius 2 is 1.70 bits per heavy atom. The highest BCUT2D eigenvalue weighted by Gasteiger charge is 2.64. The van der Waals surface area contributed by atoms with E-state index < -0.39 is 58.0 Å². The zero-order chi connectivity index (χ0) is 33.7. The summed E-state index contributed by atoms with van der Waals surface area (Å²) >= 11 is 0. The molecule has 0 unspecified atom stereocenters. The number of rotatable bonds is 10. The van der Waals surface area contributed by atoms with Gasteiger partial charge in [-0.1, -0.05) is 24.3 Å². The topological polar surface area (TPSA) is 168 Å². The number of phenolic OH excluding ortho intramolecular Hbond substituents is 1. The molecule has 0 aliphatic heterocycles. The van der Waals surface area contributed by atoms with Crippen LogP contribution in [-0.4, -0.2) is 113 Å². The van der Waals surface area contributed by atoms with Gasteiger partial charge in [0.1, 0.15) is 22.8 Å². The van der Waals surface area contributed by atoms with Gasteiger partial charge in [0, 0.05) is 18.0 Å². The van der Waals surface area contributed by atoms with Gasteiger partial charge in [-0.2, -0.15) is 0 Å². The molecule has 0 spiro atoms. The highest BCUT2D eigenvalue weighted by Crippen LogP contribution is 2.53. The maximum Gasteiger partial charge on any atom is 0.255 e. The normalized spacial score (nSPS) is 24.5. The van der Waals surface area contributed by atoms with Crippen LogP contribution in [0.2, 0.25) is 0 Å². The highest BCUT2D eigenvalue weighted by molar-refractivity contribution is 6.24. The molecule has 2 aromatic carbocycles. The van der Waals surface area contributed by atoms with Crippen molar-refractivity contribution in [2.24, 2.45) is 17.6 Å². The van der Waals surface area contributed by atoms with Crippen LogP contribution < -0.4 is 5.73 Å². The molecule has 0 saturated heterocycles. The second-order valence-corrected chi connectivity index (χ2v) is 13.4. The molecule has 0 heterocycles. The second kappa shape index (κ2) is 12.6. The molecule has 2 aromatic rings. The van der Waals surface area contributed by atoms with Gasteiger partial charge < -0.3 is 36.0 Å². The van der Waals surface area contributed by atoms with Crippen LogP contribution in [0.15, 0.2) is 53.3 Å². The third-order valence-corrected chi connectivity index (χ3v) is 9.69. The summed E-state index contributed by atoms with van der Waals surface area (Å²) in [5.74, 6) is -6.64. The molecular weight excluding hydrogens is 588 g/mol. The van der Waals surface area contributed by atoms with E-state index in [0.717, 1.165) is 49.2 Å². The lowest BCUT2D eigenvalue weighted by atomic mass is 9.57. The lowest BCUT2D eigenvalue weighted by Crippen LogP contribution is -2.65. The quantitative estimate of drug-likeness (QED) is 0.194. The van der Waals surface area contributed by atoms with Crippen molar-refractivity contribution in [2.45, 2.75) is 43.9 Å². The smallest absolute Gasteiger partial charge is 0.255 e. The number of aliphatic hydroxyl groups is 3. The molecule has 0 radical (unpaired) electrons. The number of aliphatic hydroxyl groups excluding tert-OH is 2. The van der Waals surface area contributed by atoms with Gasteiger partial charge in [0.2, 0.25) is 5.78 Å². The number of unbranched alkanes of at least 4 members (excludes halogenated alkanes) is 1. The average molecular weight is 633 g/mol. The maximum absolute atomic E-state index is 14.1. The minimum Gasteiger partial charge on any atom is -0.508 e. The van der Waals surface area contributed by atoms with Gasteiger partial charge in [-0.15, -0.1) is 0 Å². The molecule has 46 heavy (non-hydrogen) atoms. The van der Waals surface area contributed by atoms with E-state index in [1.807, 2.05) is 12.1 Å². The molecule has 11 nitrogen and oxygen atoms in total. The number of fused-ring (bicyclic) bond motifs is 3. The number of primary amides is 1. The molecule has 5 rings (SSSR count). The van der Waals surface area contributed by atoms with E-state index in [0.29, 0.717) is 5.56 Å². The van der Waals surface area contributed by atoms with Gasteiger partial charge in [0.05, 0.1) is 11.6 Å². The Kier molecular flexibility index (Phi) is 9.16. The third kappa shape index (κ3) is 5.62. The van der Waals surface area contributed by atoms with E-state index in [4.69, 9.17) is 5.73 Å². The fourth-order valence-corrected chi connectivity index (χ4v) is 7.55. The second-order valence-electron chi connectivity index (χ2n) is 13.4. The van der Waals surface area contributed by atoms with Crippen molar-refractivity contribution < 1.29 is 34.8 Å². The Bertz CT molecular complexity index is 1650. The first kappa shape index (κ1) is 33.3. The summed E-state index contributed by atoms with van der Waals surface area (Å²) in [5.41, 5.74) is 5.24. The molecule has 4 atom stereocenters. The number of nitrogens with zero attached hydrogens (tertiary/aromatic N) is 3. The fraction of sp³-hybridized carbons (Fsp3) is 0.457. The first-order valence-corrected chi connectivity index (χ1v) is 15.6. The van der Waals surface area contributed by atoms with Crippen LogP contribution in [0, 0.1) is 11.8 Å². The van der Waals surface area contributed by atoms with Crippen molar-refractivity contribution in [1.29, 1.82) is 0 Å². The number of carbonyl (C=O) groups is 3. The number of hydrogen-bond donors (Lipinski definition) is 5. The van der Waals surface area contributed by atoms with Gasteiger partial charge in [-0.05, 0) is 114 Å². The highest BCUT2D eigenvalue weighted by atomic mass is 16.3. The fourth-order valence-electron chi connectivity index (χ4n) is 7.55. The van der Waals surface area contributed by atoms with Crippen LogP contribution in [0.25, 0.3) is 16.9 Å². The Hall–Kier alpha value is -4.03. The molecule has 11 heteroatoms. The number of ketones is 2. The van der Waals surface area contributed by atoms with E-state index in [-0.39, 0.29) is 29.7 Å². The standard InChI is InChI=1S/C35H44N4O7/c1-37(2)13-6-7-14-39(5)18-19-9-8-10-20(15-19)22-11-12-25(40)27-23(22)16-21-17-24-29(38(3)4)31(42)28(34(36)45)33(44)35(24,46)32(43)26(21)30(27)41/h8-12,15,21,24,29,40-41,44,46H,6-7,13-14,16-18H2,1-5H3,(H2,36,45)/t21-,24-,29-,35-/m0/s1. The van der Waals surface area contributed by atoms with Crippen LogP contribution in [0.5, 0.6) is 5.75 Å². The first-order valence-electron chi connectivity index (χ1n) is 15.6. The first-order chi connectivity index (χ1) is 21.7. The number of amides is 1. The van der Waals surface area contributed by atoms with Crippen LogP contribution in [0.1, 0.15) is 36.0 Å². The Morgan fingerprint density at radius 1 is 1.00 bits per heavy atom. The molecule has 1 saturated carbocycles. The van der Waals surface area contributed by atoms with Crippen LogP contribution in [0.3, 0.4) is 0 Å². The zero-order valence-electron chi connectivity index (χ0n) is 27.1. The molecule has 6 N–H and O–H groups in total. The van der Waals surface area contributed by atoms with Gasteiger partial charge in [0.25, 0.3) is 5.91 Å². The minimum atomic E-state index is -2.66. The predicted octanol–water partition coefficient (Wildman–Crippen LogP) is 2.40. The molecule has 0 bridgehead atoms. The number of hydrogen-bond acceptors (Lipinski definition) is 10. The number of Topliss-reactive ketones (excluding diaryl/α,β-unsaturated/α-hetero) is 2. The summed E-state index contributed by atoms with van der Waals surface area (Å²) in [5, 5.41) is 45.4. The molecule has 3 aliphatic carbocycles. The molecule has 246 valence electrons. The van der Waals surface area contributed by atoms with Crippen molar-refractivity contribution in [1.82, 2.24) is 14.7 Å². The summed E-state index contributed by atoms with van der Waals surface area (Å²) in [6.45, 7) is 2.75. The lowest BCUT2D eigenvalue weighted by Gasteiger charge is -2.50. The van der Waals surface area contributed by atoms with E-state index >= 15 is 0 Å². The number of nitrogens with two attached hydrogens (primary N) is 1. The van der Waals surface area contributed by atoms with Crippen LogP contribution in [-0.2, 0) is 27.3 Å². The Balaban J connectivity index is 1.54. The largest absolute Gasteiger partial charge is 0.508 e. The maximum atomic E-state index is 14.1. The van der Waals surface area contributed by atoms with Gasteiger partial charge in [-0.3, -0.25) is 19.3 Å². The van der Waals surface area contributed by atoms with Crippen molar-refractivity contribution >= 4 is 23.2 Å². The van der Waals surface area contributed by atoms with Gasteiger partial charge >= 0.3 is 0 Å². The SMILES string of the molecule is CN(C)CCCCN(C)Cc1cccc(-c2ccc(O)c3c2C[C@H]2C[C@H]4[C@H](N(C)C)C(=O)C(C(N)=O)=C(O)[C@@]4(O)C(=O)C2=C3O)c1. The summed E-state index contributed by atoms with van der Waals surface area (Å²) in [4.78, 5) is 45.6. The lowest BCUT2D eigenvalue weighted by molar-refractivity contribution is -0.153. The van der Waals surface area contributed by atoms with Gasteiger partial charge in [0.15, 0.2) is 11.4 Å². The third-order valence-electron chi connectivity index (χ3n) is 9.69. The van der Waals surface area contributed by atoms with E-state index in [9.17, 15) is 34.8 Å².